The van der Waals surface area contributed by atoms with E-state index in [1.807, 2.05) is 52.7 Å². The molecule has 0 bridgehead atoms. The molecule has 2 aromatic heterocycles. The molecule has 136 valence electrons. The number of nitrogens with one attached hydrogen (secondary N) is 1. The molecular formula is C19H24N6O. The van der Waals surface area contributed by atoms with Crippen molar-refractivity contribution < 1.29 is 4.79 Å². The van der Waals surface area contributed by atoms with Gasteiger partial charge in [0.05, 0.1) is 13.0 Å². The molecular weight excluding hydrogens is 328 g/mol. The Balaban J connectivity index is 2.01. The number of benzene rings is 1. The number of rotatable bonds is 6. The van der Waals surface area contributed by atoms with Crippen LogP contribution in [-0.4, -0.2) is 37.5 Å². The minimum Gasteiger partial charge on any atom is -0.359 e. The molecule has 0 spiro atoms. The summed E-state index contributed by atoms with van der Waals surface area (Å²) in [7, 11) is 1.61. The van der Waals surface area contributed by atoms with Gasteiger partial charge >= 0.3 is 0 Å². The first kappa shape index (κ1) is 17.8. The molecule has 0 radical (unpaired) electrons. The predicted octanol–water partition coefficient (Wildman–Crippen LogP) is 2.37. The first-order valence-corrected chi connectivity index (χ1v) is 8.72. The summed E-state index contributed by atoms with van der Waals surface area (Å²) in [6.07, 6.45) is 0.148. The van der Waals surface area contributed by atoms with Crippen LogP contribution in [0.1, 0.15) is 37.0 Å². The number of hydrogen-bond acceptors (Lipinski definition) is 4. The average Bonchev–Trinajstić information content (AvgIpc) is 3.19. The quantitative estimate of drug-likeness (QED) is 0.739. The van der Waals surface area contributed by atoms with Gasteiger partial charge in [-0.2, -0.15) is 10.2 Å². The lowest BCUT2D eigenvalue weighted by atomic mass is 10.2. The van der Waals surface area contributed by atoms with Crippen LogP contribution in [0.4, 0.5) is 0 Å². The molecule has 1 N–H and O–H groups in total. The lowest BCUT2D eigenvalue weighted by molar-refractivity contribution is -0.120. The van der Waals surface area contributed by atoms with Gasteiger partial charge in [-0.15, -0.1) is 0 Å². The molecule has 0 unspecified atom stereocenters. The first-order valence-electron chi connectivity index (χ1n) is 8.72. The average molecular weight is 352 g/mol. The Bertz CT molecular complexity index is 894. The van der Waals surface area contributed by atoms with E-state index < -0.39 is 0 Å². The summed E-state index contributed by atoms with van der Waals surface area (Å²) in [5.41, 5.74) is 2.95. The zero-order chi connectivity index (χ0) is 18.7. The lowest BCUT2D eigenvalue weighted by Crippen LogP contribution is -2.20. The first-order chi connectivity index (χ1) is 12.5. The van der Waals surface area contributed by atoms with E-state index in [1.54, 1.807) is 7.05 Å². The Morgan fingerprint density at radius 2 is 1.92 bits per heavy atom. The van der Waals surface area contributed by atoms with Gasteiger partial charge in [0, 0.05) is 18.8 Å². The van der Waals surface area contributed by atoms with E-state index in [4.69, 9.17) is 0 Å². The molecule has 0 aliphatic heterocycles. The Morgan fingerprint density at radius 1 is 1.19 bits per heavy atom. The molecule has 3 aromatic rings. The van der Waals surface area contributed by atoms with E-state index in [9.17, 15) is 4.79 Å². The highest BCUT2D eigenvalue weighted by Crippen LogP contribution is 2.21. The van der Waals surface area contributed by atoms with Crippen molar-refractivity contribution in [3.8, 4) is 11.5 Å². The Morgan fingerprint density at radius 3 is 2.54 bits per heavy atom. The minimum atomic E-state index is -0.114. The van der Waals surface area contributed by atoms with Gasteiger partial charge in [0.25, 0.3) is 0 Å². The molecule has 1 amide bonds. The van der Waals surface area contributed by atoms with Crippen LogP contribution in [0.3, 0.4) is 0 Å². The topological polar surface area (TPSA) is 77.6 Å². The summed E-state index contributed by atoms with van der Waals surface area (Å²) in [4.78, 5) is 16.3. The van der Waals surface area contributed by atoms with Crippen molar-refractivity contribution in [3.05, 3.63) is 53.5 Å². The largest absolute Gasteiger partial charge is 0.359 e. The van der Waals surface area contributed by atoms with Gasteiger partial charge in [-0.25, -0.2) is 9.67 Å². The molecule has 0 saturated heterocycles. The molecule has 0 fully saturated rings. The number of likely N-dealkylation sites (N-methyl/N-ethyl adjacent to an activating group) is 1. The SMILES string of the molecule is CNC(=O)Cc1nc(-c2cc(C)n(C(C)C)n2)n(Cc2ccccc2)n1. The second kappa shape index (κ2) is 7.51. The molecule has 1 aromatic carbocycles. The molecule has 26 heavy (non-hydrogen) atoms. The van der Waals surface area contributed by atoms with Crippen LogP contribution in [0.5, 0.6) is 0 Å². The summed E-state index contributed by atoms with van der Waals surface area (Å²) >= 11 is 0. The molecule has 0 saturated carbocycles. The van der Waals surface area contributed by atoms with Crippen LogP contribution < -0.4 is 5.32 Å². The normalized spacial score (nSPS) is 11.1. The fourth-order valence-corrected chi connectivity index (χ4v) is 2.87. The number of carbonyl (C=O) groups is 1. The van der Waals surface area contributed by atoms with Crippen molar-refractivity contribution in [1.29, 1.82) is 0 Å². The zero-order valence-corrected chi connectivity index (χ0v) is 15.6. The third-order valence-corrected chi connectivity index (χ3v) is 4.13. The number of aryl methyl sites for hydroxylation is 1. The van der Waals surface area contributed by atoms with Gasteiger partial charge in [-0.3, -0.25) is 9.48 Å². The highest BCUT2D eigenvalue weighted by molar-refractivity contribution is 5.77. The van der Waals surface area contributed by atoms with Crippen molar-refractivity contribution in [3.63, 3.8) is 0 Å². The predicted molar refractivity (Wildman–Crippen MR) is 99.7 cm³/mol. The van der Waals surface area contributed by atoms with E-state index in [0.717, 1.165) is 17.0 Å². The number of carbonyl (C=O) groups excluding carboxylic acids is 1. The lowest BCUT2D eigenvalue weighted by Gasteiger charge is -2.07. The Kier molecular flexibility index (Phi) is 5.16. The number of nitrogens with zero attached hydrogens (tertiary/aromatic N) is 5. The third-order valence-electron chi connectivity index (χ3n) is 4.13. The number of aromatic nitrogens is 5. The smallest absolute Gasteiger partial charge is 0.227 e. The zero-order valence-electron chi connectivity index (χ0n) is 15.6. The fourth-order valence-electron chi connectivity index (χ4n) is 2.87. The monoisotopic (exact) mass is 352 g/mol. The maximum absolute atomic E-state index is 11.7. The maximum atomic E-state index is 11.7. The molecule has 2 heterocycles. The second-order valence-electron chi connectivity index (χ2n) is 6.55. The minimum absolute atomic E-state index is 0.114. The number of hydrogen-bond donors (Lipinski definition) is 1. The van der Waals surface area contributed by atoms with E-state index in [1.165, 1.54) is 0 Å². The summed E-state index contributed by atoms with van der Waals surface area (Å²) in [6.45, 7) is 6.79. The molecule has 0 aliphatic carbocycles. The highest BCUT2D eigenvalue weighted by atomic mass is 16.1. The summed E-state index contributed by atoms with van der Waals surface area (Å²) in [5.74, 6) is 1.06. The Hall–Kier alpha value is -2.96. The molecule has 7 heteroatoms. The maximum Gasteiger partial charge on any atom is 0.227 e. The van der Waals surface area contributed by atoms with E-state index >= 15 is 0 Å². The van der Waals surface area contributed by atoms with Crippen LogP contribution in [0, 0.1) is 6.92 Å². The van der Waals surface area contributed by atoms with Crippen molar-refractivity contribution in [2.24, 2.45) is 0 Å². The van der Waals surface area contributed by atoms with Gasteiger partial charge in [0.1, 0.15) is 5.69 Å². The second-order valence-corrected chi connectivity index (χ2v) is 6.55. The van der Waals surface area contributed by atoms with Crippen LogP contribution in [0.25, 0.3) is 11.5 Å². The van der Waals surface area contributed by atoms with Crippen molar-refractivity contribution in [2.75, 3.05) is 7.05 Å². The van der Waals surface area contributed by atoms with Crippen LogP contribution in [0.2, 0.25) is 0 Å². The summed E-state index contributed by atoms with van der Waals surface area (Å²) in [5, 5.41) is 11.8. The van der Waals surface area contributed by atoms with Crippen molar-refractivity contribution in [2.45, 2.75) is 39.8 Å². The fraction of sp³-hybridized carbons (Fsp3) is 0.368. The van der Waals surface area contributed by atoms with E-state index in [0.29, 0.717) is 18.2 Å². The summed E-state index contributed by atoms with van der Waals surface area (Å²) < 4.78 is 3.79. The van der Waals surface area contributed by atoms with Crippen LogP contribution >= 0.6 is 0 Å². The van der Waals surface area contributed by atoms with Gasteiger partial charge in [-0.1, -0.05) is 30.3 Å². The Labute approximate surface area is 153 Å². The van der Waals surface area contributed by atoms with E-state index in [-0.39, 0.29) is 18.4 Å². The standard InChI is InChI=1S/C19H24N6O/c1-13(2)25-14(3)10-16(22-25)19-21-17(11-18(26)20-4)23-24(19)12-15-8-6-5-7-9-15/h5-10,13H,11-12H2,1-4H3,(H,20,26). The molecule has 3 rings (SSSR count). The number of amides is 1. The molecule has 0 aliphatic rings. The van der Waals surface area contributed by atoms with Crippen molar-refractivity contribution >= 4 is 5.91 Å². The van der Waals surface area contributed by atoms with Gasteiger partial charge in [0.15, 0.2) is 11.6 Å². The van der Waals surface area contributed by atoms with Gasteiger partial charge in [-0.05, 0) is 32.4 Å². The molecule has 0 atom stereocenters. The molecule has 7 nitrogen and oxygen atoms in total. The van der Waals surface area contributed by atoms with E-state index in [2.05, 4.69) is 34.3 Å². The van der Waals surface area contributed by atoms with Crippen LogP contribution in [0.15, 0.2) is 36.4 Å². The van der Waals surface area contributed by atoms with Crippen molar-refractivity contribution in [1.82, 2.24) is 29.9 Å². The van der Waals surface area contributed by atoms with Gasteiger partial charge < -0.3 is 5.32 Å². The van der Waals surface area contributed by atoms with Gasteiger partial charge in [0.2, 0.25) is 5.91 Å². The van der Waals surface area contributed by atoms with Crippen LogP contribution in [-0.2, 0) is 17.8 Å². The summed E-state index contributed by atoms with van der Waals surface area (Å²) in [6, 6.07) is 12.3. The third kappa shape index (κ3) is 3.82. The highest BCUT2D eigenvalue weighted by Gasteiger charge is 2.18.